The van der Waals surface area contributed by atoms with Crippen LogP contribution in [-0.2, 0) is 16.1 Å². The van der Waals surface area contributed by atoms with Gasteiger partial charge in [-0.25, -0.2) is 9.67 Å². The van der Waals surface area contributed by atoms with E-state index in [9.17, 15) is 4.79 Å². The molecule has 1 aliphatic rings. The van der Waals surface area contributed by atoms with Crippen LogP contribution in [0.15, 0.2) is 6.33 Å². The molecule has 1 aromatic rings. The van der Waals surface area contributed by atoms with E-state index in [1.165, 1.54) is 11.0 Å². The van der Waals surface area contributed by atoms with Gasteiger partial charge in [0.05, 0.1) is 6.04 Å². The molecule has 18 heavy (non-hydrogen) atoms. The van der Waals surface area contributed by atoms with Crippen LogP contribution in [0.3, 0.4) is 0 Å². The standard InChI is InChI=1S/C11H19N5O2/c1-8(12)11-13-7-16(15-11)6-10(17)14-9-2-4-18-5-3-9/h7-9H,2-6,12H2,1H3,(H,14,17). The molecular formula is C11H19N5O2. The second kappa shape index (κ2) is 5.92. The lowest BCUT2D eigenvalue weighted by Gasteiger charge is -2.22. The maximum atomic E-state index is 11.8. The van der Waals surface area contributed by atoms with Gasteiger partial charge < -0.3 is 15.8 Å². The molecule has 0 bridgehead atoms. The van der Waals surface area contributed by atoms with E-state index in [-0.39, 0.29) is 24.5 Å². The van der Waals surface area contributed by atoms with Crippen LogP contribution in [0.25, 0.3) is 0 Å². The van der Waals surface area contributed by atoms with Crippen molar-refractivity contribution in [2.24, 2.45) is 5.73 Å². The predicted molar refractivity (Wildman–Crippen MR) is 64.6 cm³/mol. The van der Waals surface area contributed by atoms with E-state index in [1.807, 2.05) is 6.92 Å². The van der Waals surface area contributed by atoms with Gasteiger partial charge in [-0.1, -0.05) is 0 Å². The molecule has 1 saturated heterocycles. The smallest absolute Gasteiger partial charge is 0.242 e. The van der Waals surface area contributed by atoms with Crippen LogP contribution >= 0.6 is 0 Å². The van der Waals surface area contributed by atoms with E-state index in [4.69, 9.17) is 10.5 Å². The Kier molecular flexibility index (Phi) is 4.27. The fraction of sp³-hybridized carbons (Fsp3) is 0.727. The van der Waals surface area contributed by atoms with Gasteiger partial charge in [0, 0.05) is 19.3 Å². The minimum atomic E-state index is -0.218. The summed E-state index contributed by atoms with van der Waals surface area (Å²) in [5.41, 5.74) is 5.65. The van der Waals surface area contributed by atoms with E-state index in [2.05, 4.69) is 15.4 Å². The zero-order valence-electron chi connectivity index (χ0n) is 10.5. The molecule has 0 radical (unpaired) electrons. The minimum Gasteiger partial charge on any atom is -0.381 e. The summed E-state index contributed by atoms with van der Waals surface area (Å²) in [5.74, 6) is 0.497. The average Bonchev–Trinajstić information content (AvgIpc) is 2.78. The zero-order chi connectivity index (χ0) is 13.0. The molecular weight excluding hydrogens is 234 g/mol. The summed E-state index contributed by atoms with van der Waals surface area (Å²) in [7, 11) is 0. The summed E-state index contributed by atoms with van der Waals surface area (Å²) >= 11 is 0. The number of hydrogen-bond acceptors (Lipinski definition) is 5. The van der Waals surface area contributed by atoms with Crippen LogP contribution in [0.5, 0.6) is 0 Å². The van der Waals surface area contributed by atoms with Crippen molar-refractivity contribution in [2.45, 2.75) is 38.4 Å². The van der Waals surface area contributed by atoms with Crippen LogP contribution in [0.1, 0.15) is 31.6 Å². The molecule has 7 nitrogen and oxygen atoms in total. The number of hydrogen-bond donors (Lipinski definition) is 2. The fourth-order valence-corrected chi connectivity index (χ4v) is 1.86. The predicted octanol–water partition coefficient (Wildman–Crippen LogP) is -0.407. The molecule has 1 unspecified atom stereocenters. The Morgan fingerprint density at radius 3 is 3.00 bits per heavy atom. The summed E-state index contributed by atoms with van der Waals surface area (Å²) in [6, 6.07) is -0.00696. The van der Waals surface area contributed by atoms with Gasteiger partial charge in [-0.15, -0.1) is 0 Å². The summed E-state index contributed by atoms with van der Waals surface area (Å²) in [6.07, 6.45) is 3.27. The van der Waals surface area contributed by atoms with Gasteiger partial charge in [0.1, 0.15) is 12.9 Å². The summed E-state index contributed by atoms with van der Waals surface area (Å²) in [6.45, 7) is 3.41. The third kappa shape index (κ3) is 3.51. The molecule has 0 aromatic carbocycles. The highest BCUT2D eigenvalue weighted by molar-refractivity contribution is 5.75. The second-order valence-corrected chi connectivity index (χ2v) is 4.54. The third-order valence-electron chi connectivity index (χ3n) is 2.85. The molecule has 0 aliphatic carbocycles. The number of aromatic nitrogens is 3. The highest BCUT2D eigenvalue weighted by Gasteiger charge is 2.16. The Labute approximate surface area is 106 Å². The van der Waals surface area contributed by atoms with E-state index in [0.717, 1.165) is 12.8 Å². The summed E-state index contributed by atoms with van der Waals surface area (Å²) in [4.78, 5) is 15.8. The van der Waals surface area contributed by atoms with Crippen molar-refractivity contribution in [3.05, 3.63) is 12.2 Å². The molecule has 2 rings (SSSR count). The van der Waals surface area contributed by atoms with Crippen LogP contribution in [0.4, 0.5) is 0 Å². The van der Waals surface area contributed by atoms with Crippen LogP contribution in [-0.4, -0.2) is 39.9 Å². The summed E-state index contributed by atoms with van der Waals surface area (Å²) < 4.78 is 6.74. The minimum absolute atomic E-state index is 0.0528. The van der Waals surface area contributed by atoms with E-state index < -0.39 is 0 Å². The van der Waals surface area contributed by atoms with Crippen LogP contribution in [0, 0.1) is 0 Å². The largest absolute Gasteiger partial charge is 0.381 e. The van der Waals surface area contributed by atoms with E-state index >= 15 is 0 Å². The maximum absolute atomic E-state index is 11.8. The van der Waals surface area contributed by atoms with Crippen molar-refractivity contribution in [1.29, 1.82) is 0 Å². The first-order valence-electron chi connectivity index (χ1n) is 6.17. The molecule has 1 atom stereocenters. The van der Waals surface area contributed by atoms with Crippen molar-refractivity contribution in [3.63, 3.8) is 0 Å². The molecule has 1 amide bonds. The number of amides is 1. The first-order chi connectivity index (χ1) is 8.65. The fourth-order valence-electron chi connectivity index (χ4n) is 1.86. The number of nitrogens with one attached hydrogen (secondary N) is 1. The summed E-state index contributed by atoms with van der Waals surface area (Å²) in [5, 5.41) is 7.10. The number of nitrogens with zero attached hydrogens (tertiary/aromatic N) is 3. The van der Waals surface area contributed by atoms with Gasteiger partial charge in [-0.2, -0.15) is 5.10 Å². The lowest BCUT2D eigenvalue weighted by molar-refractivity contribution is -0.123. The van der Waals surface area contributed by atoms with Crippen molar-refractivity contribution in [1.82, 2.24) is 20.1 Å². The highest BCUT2D eigenvalue weighted by Crippen LogP contribution is 2.06. The SMILES string of the molecule is CC(N)c1ncn(CC(=O)NC2CCOCC2)n1. The highest BCUT2D eigenvalue weighted by atomic mass is 16.5. The first kappa shape index (κ1) is 13.0. The molecule has 1 aromatic heterocycles. The normalized spacial score (nSPS) is 18.6. The molecule has 1 fully saturated rings. The van der Waals surface area contributed by atoms with E-state index in [0.29, 0.717) is 19.0 Å². The molecule has 3 N–H and O–H groups in total. The molecule has 0 saturated carbocycles. The zero-order valence-corrected chi connectivity index (χ0v) is 10.5. The van der Waals surface area contributed by atoms with Gasteiger partial charge in [0.2, 0.25) is 5.91 Å². The Bertz CT molecular complexity index is 398. The maximum Gasteiger partial charge on any atom is 0.242 e. The Balaban J connectivity index is 1.82. The number of carbonyl (C=O) groups excluding carboxylic acids is 1. The van der Waals surface area contributed by atoms with Crippen LogP contribution < -0.4 is 11.1 Å². The molecule has 2 heterocycles. The molecule has 1 aliphatic heterocycles. The topological polar surface area (TPSA) is 95.1 Å². The van der Waals surface area contributed by atoms with Crippen molar-refractivity contribution < 1.29 is 9.53 Å². The lowest BCUT2D eigenvalue weighted by atomic mass is 10.1. The van der Waals surface area contributed by atoms with Crippen LogP contribution in [0.2, 0.25) is 0 Å². The lowest BCUT2D eigenvalue weighted by Crippen LogP contribution is -2.40. The third-order valence-corrected chi connectivity index (χ3v) is 2.85. The van der Waals surface area contributed by atoms with Gasteiger partial charge in [0.25, 0.3) is 0 Å². The Morgan fingerprint density at radius 1 is 1.67 bits per heavy atom. The molecule has 100 valence electrons. The van der Waals surface area contributed by atoms with Gasteiger partial charge in [-0.3, -0.25) is 4.79 Å². The number of nitrogens with two attached hydrogens (primary N) is 1. The number of carbonyl (C=O) groups is 1. The Morgan fingerprint density at radius 2 is 2.39 bits per heavy atom. The van der Waals surface area contributed by atoms with Gasteiger partial charge in [-0.05, 0) is 19.8 Å². The second-order valence-electron chi connectivity index (χ2n) is 4.54. The monoisotopic (exact) mass is 253 g/mol. The average molecular weight is 253 g/mol. The quantitative estimate of drug-likeness (QED) is 0.761. The van der Waals surface area contributed by atoms with Gasteiger partial charge in [0.15, 0.2) is 5.82 Å². The molecule has 0 spiro atoms. The van der Waals surface area contributed by atoms with Crippen molar-refractivity contribution >= 4 is 5.91 Å². The number of ether oxygens (including phenoxy) is 1. The van der Waals surface area contributed by atoms with Gasteiger partial charge >= 0.3 is 0 Å². The van der Waals surface area contributed by atoms with Crippen molar-refractivity contribution in [3.8, 4) is 0 Å². The number of rotatable bonds is 4. The Hall–Kier alpha value is -1.47. The van der Waals surface area contributed by atoms with E-state index in [1.54, 1.807) is 0 Å². The first-order valence-corrected chi connectivity index (χ1v) is 6.17. The molecule has 7 heteroatoms. The van der Waals surface area contributed by atoms with Crippen molar-refractivity contribution in [2.75, 3.05) is 13.2 Å².